The van der Waals surface area contributed by atoms with E-state index in [1.807, 2.05) is 22.4 Å². The van der Waals surface area contributed by atoms with E-state index in [0.29, 0.717) is 22.6 Å². The smallest absolute Gasteiger partial charge is 0.227 e. The fourth-order valence-electron chi connectivity index (χ4n) is 3.10. The molecule has 2 N–H and O–H groups in total. The van der Waals surface area contributed by atoms with E-state index < -0.39 is 5.82 Å². The monoisotopic (exact) mass is 434 g/mol. The SMILES string of the molecule is OCCN1CCN(c2ncc(F)c(Nc3nc(-c4ccc(Cl)cc4)cs3)n2)CC1. The minimum Gasteiger partial charge on any atom is -0.395 e. The van der Waals surface area contributed by atoms with Crippen molar-refractivity contribution in [2.75, 3.05) is 49.5 Å². The first-order valence-corrected chi connectivity index (χ1v) is 10.5. The maximum atomic E-state index is 14.3. The molecule has 3 aromatic rings. The van der Waals surface area contributed by atoms with Crippen molar-refractivity contribution in [1.82, 2.24) is 19.9 Å². The Labute approximate surface area is 176 Å². The number of aromatic nitrogens is 3. The zero-order valence-corrected chi connectivity index (χ0v) is 17.1. The lowest BCUT2D eigenvalue weighted by Crippen LogP contribution is -2.47. The highest BCUT2D eigenvalue weighted by Gasteiger charge is 2.20. The van der Waals surface area contributed by atoms with Gasteiger partial charge in [-0.1, -0.05) is 23.7 Å². The minimum absolute atomic E-state index is 0.102. The molecule has 4 rings (SSSR count). The molecule has 2 aromatic heterocycles. The number of hydrogen-bond acceptors (Lipinski definition) is 8. The summed E-state index contributed by atoms with van der Waals surface area (Å²) in [5, 5.41) is 15.1. The average molecular weight is 435 g/mol. The molecule has 0 atom stereocenters. The molecule has 29 heavy (non-hydrogen) atoms. The number of nitrogens with zero attached hydrogens (tertiary/aromatic N) is 5. The molecule has 0 bridgehead atoms. The van der Waals surface area contributed by atoms with Gasteiger partial charge in [-0.25, -0.2) is 14.4 Å². The Bertz CT molecular complexity index is 962. The molecule has 1 aliphatic rings. The molecule has 152 valence electrons. The highest BCUT2D eigenvalue weighted by atomic mass is 35.5. The van der Waals surface area contributed by atoms with E-state index in [4.69, 9.17) is 16.7 Å². The molecule has 3 heterocycles. The zero-order valence-electron chi connectivity index (χ0n) is 15.6. The second-order valence-corrected chi connectivity index (χ2v) is 7.88. The first-order valence-electron chi connectivity index (χ1n) is 9.21. The summed E-state index contributed by atoms with van der Waals surface area (Å²) in [6, 6.07) is 7.39. The van der Waals surface area contributed by atoms with Gasteiger partial charge in [-0.05, 0) is 12.1 Å². The van der Waals surface area contributed by atoms with E-state index in [-0.39, 0.29) is 12.4 Å². The van der Waals surface area contributed by atoms with Crippen LogP contribution in [0.15, 0.2) is 35.8 Å². The molecule has 1 aromatic carbocycles. The van der Waals surface area contributed by atoms with Crippen molar-refractivity contribution in [1.29, 1.82) is 0 Å². The van der Waals surface area contributed by atoms with Gasteiger partial charge in [0.15, 0.2) is 16.8 Å². The standard InChI is InChI=1S/C19H20ClFN6OS/c20-14-3-1-13(2-4-14)16-12-29-19(23-16)25-17-15(21)11-22-18(24-17)27-7-5-26(6-8-27)9-10-28/h1-4,11-12,28H,5-10H2,(H,22,23,24,25). The van der Waals surface area contributed by atoms with Crippen LogP contribution < -0.4 is 10.2 Å². The Balaban J connectivity index is 1.47. The second-order valence-electron chi connectivity index (χ2n) is 6.59. The van der Waals surface area contributed by atoms with Gasteiger partial charge < -0.3 is 15.3 Å². The van der Waals surface area contributed by atoms with Crippen LogP contribution in [0.2, 0.25) is 5.02 Å². The normalized spacial score (nSPS) is 14.9. The Morgan fingerprint density at radius 3 is 2.62 bits per heavy atom. The lowest BCUT2D eigenvalue weighted by molar-refractivity contribution is 0.188. The summed E-state index contributed by atoms with van der Waals surface area (Å²) in [5.41, 5.74) is 1.71. The number of benzene rings is 1. The zero-order chi connectivity index (χ0) is 20.2. The van der Waals surface area contributed by atoms with Crippen LogP contribution in [0, 0.1) is 5.82 Å². The van der Waals surface area contributed by atoms with Crippen LogP contribution in [-0.2, 0) is 0 Å². The van der Waals surface area contributed by atoms with Crippen molar-refractivity contribution in [2.45, 2.75) is 0 Å². The summed E-state index contributed by atoms with van der Waals surface area (Å²) in [7, 11) is 0. The van der Waals surface area contributed by atoms with Crippen LogP contribution in [0.4, 0.5) is 21.3 Å². The van der Waals surface area contributed by atoms with Crippen LogP contribution in [0.3, 0.4) is 0 Å². The third-order valence-electron chi connectivity index (χ3n) is 4.67. The van der Waals surface area contributed by atoms with Gasteiger partial charge in [-0.2, -0.15) is 4.98 Å². The van der Waals surface area contributed by atoms with Crippen molar-refractivity contribution in [3.05, 3.63) is 46.7 Å². The Morgan fingerprint density at radius 2 is 1.90 bits per heavy atom. The van der Waals surface area contributed by atoms with E-state index in [2.05, 4.69) is 25.2 Å². The number of aliphatic hydroxyl groups is 1. The molecule has 10 heteroatoms. The molecule has 1 fully saturated rings. The number of β-amino-alcohol motifs (C(OH)–C–C–N with tert-alkyl or cyclic N) is 1. The quantitative estimate of drug-likeness (QED) is 0.616. The average Bonchev–Trinajstić information content (AvgIpc) is 3.20. The molecule has 0 amide bonds. The van der Waals surface area contributed by atoms with Crippen LogP contribution in [0.25, 0.3) is 11.3 Å². The van der Waals surface area contributed by atoms with Gasteiger partial charge in [0.05, 0.1) is 18.5 Å². The first-order chi connectivity index (χ1) is 14.1. The first kappa shape index (κ1) is 20.0. The Morgan fingerprint density at radius 1 is 1.14 bits per heavy atom. The van der Waals surface area contributed by atoms with Crippen molar-refractivity contribution in [2.24, 2.45) is 0 Å². The highest BCUT2D eigenvalue weighted by molar-refractivity contribution is 7.14. The van der Waals surface area contributed by atoms with Crippen LogP contribution >= 0.6 is 22.9 Å². The molecule has 0 radical (unpaired) electrons. The third kappa shape index (κ3) is 4.81. The topological polar surface area (TPSA) is 77.4 Å². The number of nitrogens with one attached hydrogen (secondary N) is 1. The predicted molar refractivity (Wildman–Crippen MR) is 114 cm³/mol. The molecule has 0 unspecified atom stereocenters. The predicted octanol–water partition coefficient (Wildman–Crippen LogP) is 3.25. The fraction of sp³-hybridized carbons (Fsp3) is 0.316. The molecule has 0 saturated carbocycles. The van der Waals surface area contributed by atoms with Crippen molar-refractivity contribution >= 4 is 39.8 Å². The van der Waals surface area contributed by atoms with Crippen molar-refractivity contribution < 1.29 is 9.50 Å². The number of anilines is 3. The number of aliphatic hydroxyl groups excluding tert-OH is 1. The maximum absolute atomic E-state index is 14.3. The Kier molecular flexibility index (Phi) is 6.19. The third-order valence-corrected chi connectivity index (χ3v) is 5.68. The lowest BCUT2D eigenvalue weighted by atomic mass is 10.2. The molecular formula is C19H20ClFN6OS. The summed E-state index contributed by atoms with van der Waals surface area (Å²) in [4.78, 5) is 17.2. The molecular weight excluding hydrogens is 415 g/mol. The summed E-state index contributed by atoms with van der Waals surface area (Å²) in [6.45, 7) is 3.87. The largest absolute Gasteiger partial charge is 0.395 e. The molecule has 1 aliphatic heterocycles. The summed E-state index contributed by atoms with van der Waals surface area (Å²) < 4.78 is 14.3. The molecule has 0 spiro atoms. The van der Waals surface area contributed by atoms with E-state index in [1.54, 1.807) is 12.1 Å². The van der Waals surface area contributed by atoms with Gasteiger partial charge in [0.25, 0.3) is 0 Å². The van der Waals surface area contributed by atoms with Gasteiger partial charge in [0.1, 0.15) is 0 Å². The van der Waals surface area contributed by atoms with Crippen molar-refractivity contribution in [3.8, 4) is 11.3 Å². The highest BCUT2D eigenvalue weighted by Crippen LogP contribution is 2.28. The van der Waals surface area contributed by atoms with Gasteiger partial charge in [0, 0.05) is 48.7 Å². The number of piperazine rings is 1. The van der Waals surface area contributed by atoms with Crippen LogP contribution in [0.1, 0.15) is 0 Å². The van der Waals surface area contributed by atoms with E-state index in [9.17, 15) is 4.39 Å². The number of rotatable bonds is 6. The molecule has 0 aliphatic carbocycles. The number of thiazole rings is 1. The van der Waals surface area contributed by atoms with E-state index in [0.717, 1.165) is 37.4 Å². The molecule has 1 saturated heterocycles. The summed E-state index contributed by atoms with van der Waals surface area (Å²) in [6.07, 6.45) is 1.18. The van der Waals surface area contributed by atoms with Crippen LogP contribution in [0.5, 0.6) is 0 Å². The number of halogens is 2. The maximum Gasteiger partial charge on any atom is 0.227 e. The second kappa shape index (κ2) is 9.00. The minimum atomic E-state index is -0.532. The van der Waals surface area contributed by atoms with Crippen LogP contribution in [-0.4, -0.2) is 64.3 Å². The lowest BCUT2D eigenvalue weighted by Gasteiger charge is -2.34. The van der Waals surface area contributed by atoms with Crippen molar-refractivity contribution in [3.63, 3.8) is 0 Å². The number of hydrogen-bond donors (Lipinski definition) is 2. The summed E-state index contributed by atoms with van der Waals surface area (Å²) >= 11 is 7.30. The summed E-state index contributed by atoms with van der Waals surface area (Å²) in [5.74, 6) is 0.0488. The van der Waals surface area contributed by atoms with Gasteiger partial charge in [-0.15, -0.1) is 11.3 Å². The van der Waals surface area contributed by atoms with E-state index in [1.165, 1.54) is 17.5 Å². The van der Waals surface area contributed by atoms with Gasteiger partial charge in [0.2, 0.25) is 5.95 Å². The fourth-order valence-corrected chi connectivity index (χ4v) is 3.94. The molecule has 7 nitrogen and oxygen atoms in total. The van der Waals surface area contributed by atoms with E-state index >= 15 is 0 Å². The van der Waals surface area contributed by atoms with Gasteiger partial charge in [-0.3, -0.25) is 4.90 Å². The Hall–Kier alpha value is -2.33. The van der Waals surface area contributed by atoms with Gasteiger partial charge >= 0.3 is 0 Å².